The van der Waals surface area contributed by atoms with Crippen molar-refractivity contribution >= 4 is 17.4 Å². The van der Waals surface area contributed by atoms with Gasteiger partial charge < -0.3 is 0 Å². The summed E-state index contributed by atoms with van der Waals surface area (Å²) >= 11 is 5.71. The van der Waals surface area contributed by atoms with Crippen LogP contribution >= 0.6 is 11.6 Å². The maximum atomic E-state index is 13.1. The van der Waals surface area contributed by atoms with Gasteiger partial charge in [0.25, 0.3) is 0 Å². The van der Waals surface area contributed by atoms with Gasteiger partial charge in [-0.1, -0.05) is 55.8 Å². The molecule has 2 aromatic carbocycles. The van der Waals surface area contributed by atoms with Crippen LogP contribution in [-0.2, 0) is 6.42 Å². The summed E-state index contributed by atoms with van der Waals surface area (Å²) in [7, 11) is 0. The number of Topliss-reactive ketones (excluding diaryl/α,β-unsaturated/α-hetero) is 1. The molecule has 0 saturated carbocycles. The lowest BCUT2D eigenvalue weighted by Crippen LogP contribution is -2.04. The second-order valence-electron chi connectivity index (χ2n) is 5.13. The Morgan fingerprint density at radius 1 is 1.15 bits per heavy atom. The van der Waals surface area contributed by atoms with Crippen molar-refractivity contribution in [1.29, 1.82) is 0 Å². The highest BCUT2D eigenvalue weighted by Crippen LogP contribution is 2.19. The van der Waals surface area contributed by atoms with Gasteiger partial charge in [0.2, 0.25) is 0 Å². The summed E-state index contributed by atoms with van der Waals surface area (Å²) in [4.78, 5) is 12.2. The molecule has 20 heavy (non-hydrogen) atoms. The van der Waals surface area contributed by atoms with Gasteiger partial charge in [0.15, 0.2) is 5.78 Å². The molecule has 0 amide bonds. The summed E-state index contributed by atoms with van der Waals surface area (Å²) < 4.78 is 13.1. The molecular formula is C17H16ClFO. The van der Waals surface area contributed by atoms with Crippen LogP contribution in [0.5, 0.6) is 0 Å². The van der Waals surface area contributed by atoms with E-state index in [1.54, 1.807) is 6.07 Å². The standard InChI is InChI=1S/C17H16ClFO/c1-11(2)13-4-6-14(7-5-13)17(20)10-12-3-8-16(19)15(18)9-12/h3-9,11H,10H2,1-2H3. The Balaban J connectivity index is 2.13. The first-order chi connectivity index (χ1) is 9.47. The van der Waals surface area contributed by atoms with Crippen molar-refractivity contribution in [2.24, 2.45) is 0 Å². The van der Waals surface area contributed by atoms with E-state index < -0.39 is 5.82 Å². The highest BCUT2D eigenvalue weighted by Gasteiger charge is 2.09. The monoisotopic (exact) mass is 290 g/mol. The predicted octanol–water partition coefficient (Wildman–Crippen LogP) is 5.03. The largest absolute Gasteiger partial charge is 0.294 e. The Labute approximate surface area is 123 Å². The average Bonchev–Trinajstić information content (AvgIpc) is 2.43. The van der Waals surface area contributed by atoms with Crippen LogP contribution in [0.3, 0.4) is 0 Å². The molecule has 0 aliphatic heterocycles. The fourth-order valence-electron chi connectivity index (χ4n) is 1.99. The first kappa shape index (κ1) is 14.7. The molecule has 2 aromatic rings. The van der Waals surface area contributed by atoms with Crippen LogP contribution in [0.4, 0.5) is 4.39 Å². The highest BCUT2D eigenvalue weighted by molar-refractivity contribution is 6.30. The van der Waals surface area contributed by atoms with Crippen molar-refractivity contribution in [3.8, 4) is 0 Å². The van der Waals surface area contributed by atoms with Gasteiger partial charge in [-0.2, -0.15) is 0 Å². The van der Waals surface area contributed by atoms with Gasteiger partial charge >= 0.3 is 0 Å². The summed E-state index contributed by atoms with van der Waals surface area (Å²) in [6.07, 6.45) is 0.223. The van der Waals surface area contributed by atoms with Gasteiger partial charge in [0, 0.05) is 12.0 Å². The minimum atomic E-state index is -0.468. The molecule has 0 N–H and O–H groups in total. The number of ketones is 1. The molecule has 0 heterocycles. The number of hydrogen-bond acceptors (Lipinski definition) is 1. The third-order valence-corrected chi connectivity index (χ3v) is 3.54. The van der Waals surface area contributed by atoms with Crippen molar-refractivity contribution in [3.05, 3.63) is 70.0 Å². The zero-order chi connectivity index (χ0) is 14.7. The number of halogens is 2. The van der Waals surface area contributed by atoms with Crippen LogP contribution in [0.15, 0.2) is 42.5 Å². The van der Waals surface area contributed by atoms with Crippen LogP contribution in [0.1, 0.15) is 41.3 Å². The van der Waals surface area contributed by atoms with Crippen molar-refractivity contribution in [2.45, 2.75) is 26.2 Å². The SMILES string of the molecule is CC(C)c1ccc(C(=O)Cc2ccc(F)c(Cl)c2)cc1. The maximum Gasteiger partial charge on any atom is 0.167 e. The van der Waals surface area contributed by atoms with E-state index in [4.69, 9.17) is 11.6 Å². The second-order valence-corrected chi connectivity index (χ2v) is 5.53. The molecule has 0 fully saturated rings. The number of carbonyl (C=O) groups is 1. The van der Waals surface area contributed by atoms with Crippen molar-refractivity contribution < 1.29 is 9.18 Å². The van der Waals surface area contributed by atoms with Gasteiger partial charge in [-0.05, 0) is 29.2 Å². The quantitative estimate of drug-likeness (QED) is 0.722. The van der Waals surface area contributed by atoms with E-state index in [-0.39, 0.29) is 17.2 Å². The number of benzene rings is 2. The molecule has 0 bridgehead atoms. The maximum absolute atomic E-state index is 13.1. The van der Waals surface area contributed by atoms with Crippen LogP contribution in [0.2, 0.25) is 5.02 Å². The van der Waals surface area contributed by atoms with E-state index in [1.165, 1.54) is 17.7 Å². The molecule has 0 aliphatic carbocycles. The van der Waals surface area contributed by atoms with Crippen molar-refractivity contribution in [1.82, 2.24) is 0 Å². The molecule has 0 saturated heterocycles. The molecule has 104 valence electrons. The smallest absolute Gasteiger partial charge is 0.167 e. The van der Waals surface area contributed by atoms with E-state index in [2.05, 4.69) is 13.8 Å². The second kappa shape index (κ2) is 6.19. The molecule has 0 spiro atoms. The van der Waals surface area contributed by atoms with Gasteiger partial charge in [-0.25, -0.2) is 4.39 Å². The lowest BCUT2D eigenvalue weighted by Gasteiger charge is -2.07. The summed E-state index contributed by atoms with van der Waals surface area (Å²) in [5.74, 6) is -0.0257. The Kier molecular flexibility index (Phi) is 4.56. The first-order valence-corrected chi connectivity index (χ1v) is 6.92. The van der Waals surface area contributed by atoms with Gasteiger partial charge in [0.1, 0.15) is 5.82 Å². The molecule has 1 nitrogen and oxygen atoms in total. The van der Waals surface area contributed by atoms with Crippen LogP contribution < -0.4 is 0 Å². The normalized spacial score (nSPS) is 10.8. The zero-order valence-corrected chi connectivity index (χ0v) is 12.2. The molecule has 0 unspecified atom stereocenters. The van der Waals surface area contributed by atoms with E-state index in [1.807, 2.05) is 24.3 Å². The predicted molar refractivity (Wildman–Crippen MR) is 80.0 cm³/mol. The number of hydrogen-bond donors (Lipinski definition) is 0. The Morgan fingerprint density at radius 2 is 1.80 bits per heavy atom. The molecule has 0 aliphatic rings. The van der Waals surface area contributed by atoms with E-state index in [9.17, 15) is 9.18 Å². The van der Waals surface area contributed by atoms with Crippen molar-refractivity contribution in [3.63, 3.8) is 0 Å². The summed E-state index contributed by atoms with van der Waals surface area (Å²) in [5.41, 5.74) is 2.58. The minimum Gasteiger partial charge on any atom is -0.294 e. The molecule has 0 aromatic heterocycles. The first-order valence-electron chi connectivity index (χ1n) is 6.54. The third-order valence-electron chi connectivity index (χ3n) is 3.25. The summed E-state index contributed by atoms with van der Waals surface area (Å²) in [6.45, 7) is 4.22. The van der Waals surface area contributed by atoms with Crippen LogP contribution in [0, 0.1) is 5.82 Å². The average molecular weight is 291 g/mol. The minimum absolute atomic E-state index is 0.00276. The Morgan fingerprint density at radius 3 is 2.35 bits per heavy atom. The fraction of sp³-hybridized carbons (Fsp3) is 0.235. The van der Waals surface area contributed by atoms with E-state index in [0.717, 1.165) is 0 Å². The lowest BCUT2D eigenvalue weighted by atomic mass is 9.98. The number of carbonyl (C=O) groups excluding carboxylic acids is 1. The third kappa shape index (κ3) is 3.45. The topological polar surface area (TPSA) is 17.1 Å². The fourth-order valence-corrected chi connectivity index (χ4v) is 2.19. The summed E-state index contributed by atoms with van der Waals surface area (Å²) in [6, 6.07) is 12.0. The van der Waals surface area contributed by atoms with E-state index in [0.29, 0.717) is 17.0 Å². The molecule has 0 radical (unpaired) electrons. The molecule has 3 heteroatoms. The van der Waals surface area contributed by atoms with Gasteiger partial charge in [-0.3, -0.25) is 4.79 Å². The lowest BCUT2D eigenvalue weighted by molar-refractivity contribution is 0.0993. The molecular weight excluding hydrogens is 275 g/mol. The van der Waals surface area contributed by atoms with Gasteiger partial charge in [-0.15, -0.1) is 0 Å². The number of rotatable bonds is 4. The molecule has 0 atom stereocenters. The zero-order valence-electron chi connectivity index (χ0n) is 11.5. The van der Waals surface area contributed by atoms with Gasteiger partial charge in [0.05, 0.1) is 5.02 Å². The van der Waals surface area contributed by atoms with Crippen molar-refractivity contribution in [2.75, 3.05) is 0 Å². The van der Waals surface area contributed by atoms with Crippen LogP contribution in [-0.4, -0.2) is 5.78 Å². The highest BCUT2D eigenvalue weighted by atomic mass is 35.5. The molecule has 2 rings (SSSR count). The van der Waals surface area contributed by atoms with E-state index >= 15 is 0 Å². The van der Waals surface area contributed by atoms with Crippen LogP contribution in [0.25, 0.3) is 0 Å². The summed E-state index contributed by atoms with van der Waals surface area (Å²) in [5, 5.41) is 0.0467. The Hall–Kier alpha value is -1.67. The Bertz CT molecular complexity index is 617.